The van der Waals surface area contributed by atoms with Crippen molar-refractivity contribution in [2.24, 2.45) is 5.92 Å². The highest BCUT2D eigenvalue weighted by molar-refractivity contribution is 5.96. The third kappa shape index (κ3) is 4.59. The second kappa shape index (κ2) is 8.94. The number of amides is 2. The number of hydrogen-bond donors (Lipinski definition) is 1. The molecule has 2 aromatic rings. The third-order valence-electron chi connectivity index (χ3n) is 4.97. The number of hydrogen-bond acceptors (Lipinski definition) is 6. The van der Waals surface area contributed by atoms with E-state index in [-0.39, 0.29) is 31.1 Å². The van der Waals surface area contributed by atoms with Crippen LogP contribution in [0.25, 0.3) is 0 Å². The van der Waals surface area contributed by atoms with Crippen molar-refractivity contribution in [2.45, 2.75) is 13.3 Å². The number of benzene rings is 2. The van der Waals surface area contributed by atoms with Crippen LogP contribution in [0.15, 0.2) is 42.5 Å². The number of rotatable bonds is 8. The maximum Gasteiger partial charge on any atom is 0.257 e. The third-order valence-corrected chi connectivity index (χ3v) is 4.97. The van der Waals surface area contributed by atoms with Crippen LogP contribution in [0.1, 0.15) is 13.3 Å². The van der Waals surface area contributed by atoms with Crippen LogP contribution >= 0.6 is 0 Å². The monoisotopic (exact) mass is 412 g/mol. The Morgan fingerprint density at radius 1 is 1.10 bits per heavy atom. The molecule has 0 saturated carbocycles. The van der Waals surface area contributed by atoms with E-state index in [1.165, 1.54) is 0 Å². The van der Waals surface area contributed by atoms with Gasteiger partial charge in [-0.15, -0.1) is 0 Å². The Labute approximate surface area is 174 Å². The van der Waals surface area contributed by atoms with Crippen molar-refractivity contribution in [3.8, 4) is 23.0 Å². The standard InChI is InChI=1S/C22H24N2O6/c1-2-27-17-4-6-18(7-5-17)28-13-21(25)23-11-15-9-22(26)24(12-15)16-3-8-19-20(10-16)30-14-29-19/h3-8,10,15H,2,9,11-14H2,1H3,(H,23,25)/t15-/m0/s1. The molecule has 0 unspecified atom stereocenters. The van der Waals surface area contributed by atoms with Crippen LogP contribution in [0.5, 0.6) is 23.0 Å². The molecule has 8 heteroatoms. The molecule has 0 spiro atoms. The molecule has 2 aliphatic heterocycles. The van der Waals surface area contributed by atoms with E-state index in [0.29, 0.717) is 43.4 Å². The zero-order valence-electron chi connectivity index (χ0n) is 16.8. The Morgan fingerprint density at radius 2 is 1.83 bits per heavy atom. The van der Waals surface area contributed by atoms with Gasteiger partial charge in [-0.2, -0.15) is 0 Å². The van der Waals surface area contributed by atoms with Crippen molar-refractivity contribution in [1.82, 2.24) is 5.32 Å². The van der Waals surface area contributed by atoms with Gasteiger partial charge >= 0.3 is 0 Å². The van der Waals surface area contributed by atoms with Gasteiger partial charge in [-0.1, -0.05) is 0 Å². The van der Waals surface area contributed by atoms with Crippen LogP contribution in [0.4, 0.5) is 5.69 Å². The van der Waals surface area contributed by atoms with Crippen LogP contribution in [-0.4, -0.2) is 44.9 Å². The summed E-state index contributed by atoms with van der Waals surface area (Å²) in [6, 6.07) is 12.6. The number of carbonyl (C=O) groups excluding carboxylic acids is 2. The summed E-state index contributed by atoms with van der Waals surface area (Å²) in [5, 5.41) is 2.85. The fourth-order valence-electron chi connectivity index (χ4n) is 3.48. The molecule has 2 aromatic carbocycles. The highest BCUT2D eigenvalue weighted by Gasteiger charge is 2.31. The first-order valence-electron chi connectivity index (χ1n) is 9.94. The smallest absolute Gasteiger partial charge is 0.257 e. The zero-order valence-corrected chi connectivity index (χ0v) is 16.8. The predicted molar refractivity (Wildman–Crippen MR) is 109 cm³/mol. The van der Waals surface area contributed by atoms with Crippen LogP contribution < -0.4 is 29.2 Å². The Bertz CT molecular complexity index is 914. The highest BCUT2D eigenvalue weighted by Crippen LogP contribution is 2.37. The molecule has 1 atom stereocenters. The Hall–Kier alpha value is -3.42. The molecular weight excluding hydrogens is 388 g/mol. The topological polar surface area (TPSA) is 86.3 Å². The molecule has 30 heavy (non-hydrogen) atoms. The summed E-state index contributed by atoms with van der Waals surface area (Å²) in [6.45, 7) is 3.58. The van der Waals surface area contributed by atoms with Crippen LogP contribution in [0, 0.1) is 5.92 Å². The van der Waals surface area contributed by atoms with Crippen molar-refractivity contribution in [3.05, 3.63) is 42.5 Å². The largest absolute Gasteiger partial charge is 0.494 e. The highest BCUT2D eigenvalue weighted by atomic mass is 16.7. The van der Waals surface area contributed by atoms with E-state index in [2.05, 4.69) is 5.32 Å². The summed E-state index contributed by atoms with van der Waals surface area (Å²) in [5.74, 6) is 2.52. The molecule has 2 aliphatic rings. The van der Waals surface area contributed by atoms with Crippen molar-refractivity contribution in [3.63, 3.8) is 0 Å². The van der Waals surface area contributed by atoms with E-state index in [1.54, 1.807) is 35.2 Å². The van der Waals surface area contributed by atoms with Gasteiger partial charge in [0.25, 0.3) is 5.91 Å². The number of fused-ring (bicyclic) bond motifs is 1. The minimum absolute atomic E-state index is 0.0266. The maximum absolute atomic E-state index is 12.4. The number of carbonyl (C=O) groups is 2. The van der Waals surface area contributed by atoms with Crippen LogP contribution in [-0.2, 0) is 9.59 Å². The quantitative estimate of drug-likeness (QED) is 0.716. The Kier molecular flexibility index (Phi) is 5.92. The number of nitrogens with one attached hydrogen (secondary N) is 1. The second-order valence-electron chi connectivity index (χ2n) is 7.11. The maximum atomic E-state index is 12.4. The van der Waals surface area contributed by atoms with Gasteiger partial charge in [-0.05, 0) is 43.3 Å². The van der Waals surface area contributed by atoms with Crippen molar-refractivity contribution < 1.29 is 28.5 Å². The van der Waals surface area contributed by atoms with Gasteiger partial charge in [0.05, 0.1) is 6.61 Å². The molecule has 1 saturated heterocycles. The molecule has 1 N–H and O–H groups in total. The van der Waals surface area contributed by atoms with E-state index in [1.807, 2.05) is 19.1 Å². The van der Waals surface area contributed by atoms with Gasteiger partial charge in [0.1, 0.15) is 11.5 Å². The molecule has 2 heterocycles. The summed E-state index contributed by atoms with van der Waals surface area (Å²) < 4.78 is 21.6. The molecule has 4 rings (SSSR count). The fourth-order valence-corrected chi connectivity index (χ4v) is 3.48. The minimum atomic E-state index is -0.224. The van der Waals surface area contributed by atoms with Crippen molar-refractivity contribution in [2.75, 3.05) is 38.0 Å². The van der Waals surface area contributed by atoms with Gasteiger partial charge in [-0.3, -0.25) is 9.59 Å². The Morgan fingerprint density at radius 3 is 2.60 bits per heavy atom. The summed E-state index contributed by atoms with van der Waals surface area (Å²) in [4.78, 5) is 26.3. The lowest BCUT2D eigenvalue weighted by Gasteiger charge is -2.17. The first kappa shape index (κ1) is 19.9. The molecule has 0 bridgehead atoms. The first-order valence-corrected chi connectivity index (χ1v) is 9.94. The van der Waals surface area contributed by atoms with Crippen LogP contribution in [0.2, 0.25) is 0 Å². The second-order valence-corrected chi connectivity index (χ2v) is 7.11. The normalized spacial score (nSPS) is 17.2. The fraction of sp³-hybridized carbons (Fsp3) is 0.364. The number of anilines is 1. The molecule has 8 nitrogen and oxygen atoms in total. The van der Waals surface area contributed by atoms with Gasteiger partial charge in [0.15, 0.2) is 18.1 Å². The molecule has 0 aliphatic carbocycles. The summed E-state index contributed by atoms with van der Waals surface area (Å²) in [6.07, 6.45) is 0.383. The lowest BCUT2D eigenvalue weighted by Crippen LogP contribution is -2.34. The van der Waals surface area contributed by atoms with E-state index >= 15 is 0 Å². The van der Waals surface area contributed by atoms with Gasteiger partial charge in [-0.25, -0.2) is 0 Å². The number of nitrogens with zero attached hydrogens (tertiary/aromatic N) is 1. The molecule has 158 valence electrons. The van der Waals surface area contributed by atoms with E-state index in [9.17, 15) is 9.59 Å². The van der Waals surface area contributed by atoms with E-state index < -0.39 is 0 Å². The molecule has 0 radical (unpaired) electrons. The predicted octanol–water partition coefficient (Wildman–Crippen LogP) is 2.36. The average Bonchev–Trinajstić information content (AvgIpc) is 3.37. The van der Waals surface area contributed by atoms with E-state index in [4.69, 9.17) is 18.9 Å². The number of ether oxygens (including phenoxy) is 4. The first-order chi connectivity index (χ1) is 14.6. The SMILES string of the molecule is CCOc1ccc(OCC(=O)NC[C@@H]2CC(=O)N(c3ccc4c(c3)OCO4)C2)cc1. The van der Waals surface area contributed by atoms with Gasteiger partial charge in [0.2, 0.25) is 12.7 Å². The lowest BCUT2D eigenvalue weighted by atomic mass is 10.1. The van der Waals surface area contributed by atoms with Gasteiger partial charge in [0, 0.05) is 37.2 Å². The summed E-state index contributed by atoms with van der Waals surface area (Å²) in [5.41, 5.74) is 0.775. The summed E-state index contributed by atoms with van der Waals surface area (Å²) in [7, 11) is 0. The summed E-state index contributed by atoms with van der Waals surface area (Å²) >= 11 is 0. The Balaban J connectivity index is 1.23. The average molecular weight is 412 g/mol. The van der Waals surface area contributed by atoms with E-state index in [0.717, 1.165) is 11.4 Å². The lowest BCUT2D eigenvalue weighted by molar-refractivity contribution is -0.123. The van der Waals surface area contributed by atoms with Gasteiger partial charge < -0.3 is 29.2 Å². The zero-order chi connectivity index (χ0) is 20.9. The molecule has 2 amide bonds. The van der Waals surface area contributed by atoms with Crippen LogP contribution in [0.3, 0.4) is 0 Å². The molecular formula is C22H24N2O6. The van der Waals surface area contributed by atoms with Crippen molar-refractivity contribution in [1.29, 1.82) is 0 Å². The minimum Gasteiger partial charge on any atom is -0.494 e. The van der Waals surface area contributed by atoms with Crippen molar-refractivity contribution >= 4 is 17.5 Å². The molecule has 1 fully saturated rings. The molecule has 0 aromatic heterocycles.